The van der Waals surface area contributed by atoms with Gasteiger partial charge >= 0.3 is 12.1 Å². The topological polar surface area (TPSA) is 66.8 Å². The lowest BCUT2D eigenvalue weighted by atomic mass is 9.75. The highest BCUT2D eigenvalue weighted by atomic mass is 16.6. The molecule has 2 heterocycles. The molecule has 2 aliphatic rings. The summed E-state index contributed by atoms with van der Waals surface area (Å²) in [7, 11) is 0. The Hall–Kier alpha value is -1.26. The quantitative estimate of drug-likeness (QED) is 0.794. The van der Waals surface area contributed by atoms with Gasteiger partial charge in [-0.15, -0.1) is 0 Å². The summed E-state index contributed by atoms with van der Waals surface area (Å²) >= 11 is 0. The van der Waals surface area contributed by atoms with Crippen molar-refractivity contribution in [1.82, 2.24) is 4.90 Å². The molecule has 5 heteroatoms. The van der Waals surface area contributed by atoms with Crippen molar-refractivity contribution >= 4 is 12.1 Å². The molecule has 0 aliphatic carbocycles. The van der Waals surface area contributed by atoms with Gasteiger partial charge in [-0.2, -0.15) is 0 Å². The fourth-order valence-electron chi connectivity index (χ4n) is 3.27. The fraction of sp³-hybridized carbons (Fsp3) is 0.857. The summed E-state index contributed by atoms with van der Waals surface area (Å²) < 4.78 is 5.43. The number of nitrogens with zero attached hydrogens (tertiary/aromatic N) is 1. The summed E-state index contributed by atoms with van der Waals surface area (Å²) in [5, 5.41) is 9.47. The molecule has 1 N–H and O–H groups in total. The lowest BCUT2D eigenvalue weighted by molar-refractivity contribution is -0.154. The van der Waals surface area contributed by atoms with Crippen LogP contribution in [-0.2, 0) is 9.53 Å². The van der Waals surface area contributed by atoms with Crippen LogP contribution in [0.4, 0.5) is 4.79 Å². The number of rotatable bonds is 1. The predicted octanol–water partition coefficient (Wildman–Crippen LogP) is 2.64. The molecule has 2 saturated heterocycles. The SMILES string of the molecule is CC(C)(C)OC(=O)N1[C@H]2CC[C@@H]1[C@](C)(C(=O)O)CC2. The van der Waals surface area contributed by atoms with E-state index in [-0.39, 0.29) is 18.2 Å². The van der Waals surface area contributed by atoms with E-state index < -0.39 is 17.0 Å². The summed E-state index contributed by atoms with van der Waals surface area (Å²) in [6.45, 7) is 7.23. The van der Waals surface area contributed by atoms with Gasteiger partial charge in [0.2, 0.25) is 0 Å². The van der Waals surface area contributed by atoms with E-state index in [0.717, 1.165) is 19.3 Å². The second-order valence-electron chi connectivity index (χ2n) is 6.90. The fourth-order valence-corrected chi connectivity index (χ4v) is 3.27. The van der Waals surface area contributed by atoms with E-state index in [1.807, 2.05) is 20.8 Å². The average molecular weight is 269 g/mol. The molecule has 1 amide bonds. The summed E-state index contributed by atoms with van der Waals surface area (Å²) in [4.78, 5) is 25.5. The monoisotopic (exact) mass is 269 g/mol. The van der Waals surface area contributed by atoms with E-state index in [2.05, 4.69) is 0 Å². The predicted molar refractivity (Wildman–Crippen MR) is 69.9 cm³/mol. The average Bonchev–Trinajstić information content (AvgIpc) is 2.60. The highest BCUT2D eigenvalue weighted by Gasteiger charge is 2.55. The summed E-state index contributed by atoms with van der Waals surface area (Å²) in [6.07, 6.45) is 2.65. The third kappa shape index (κ3) is 2.42. The lowest BCUT2D eigenvalue weighted by Crippen LogP contribution is -2.56. The van der Waals surface area contributed by atoms with Crippen LogP contribution in [0.1, 0.15) is 53.4 Å². The molecule has 0 aromatic heterocycles. The minimum atomic E-state index is -0.843. The molecule has 0 radical (unpaired) electrons. The molecule has 2 bridgehead atoms. The first kappa shape index (κ1) is 14.2. The first-order valence-corrected chi connectivity index (χ1v) is 6.90. The Balaban J connectivity index is 2.22. The number of piperidine rings is 1. The summed E-state index contributed by atoms with van der Waals surface area (Å²) in [6, 6.07) is -0.0918. The molecule has 5 nitrogen and oxygen atoms in total. The van der Waals surface area contributed by atoms with Crippen LogP contribution in [0.15, 0.2) is 0 Å². The minimum Gasteiger partial charge on any atom is -0.481 e. The largest absolute Gasteiger partial charge is 0.481 e. The summed E-state index contributed by atoms with van der Waals surface area (Å²) in [5.74, 6) is -0.814. The number of carboxylic acids is 1. The highest BCUT2D eigenvalue weighted by molar-refractivity contribution is 5.78. The molecular weight excluding hydrogens is 246 g/mol. The number of hydrogen-bond donors (Lipinski definition) is 1. The van der Waals surface area contributed by atoms with Crippen LogP contribution in [-0.4, -0.2) is 39.8 Å². The van der Waals surface area contributed by atoms with Gasteiger partial charge in [-0.05, 0) is 53.4 Å². The number of hydrogen-bond acceptors (Lipinski definition) is 3. The number of fused-ring (bicyclic) bond motifs is 2. The Kier molecular flexibility index (Phi) is 3.27. The molecular formula is C14H23NO4. The molecule has 0 aromatic carbocycles. The molecule has 2 rings (SSSR count). The van der Waals surface area contributed by atoms with Gasteiger partial charge in [0, 0.05) is 6.04 Å². The first-order chi connectivity index (χ1) is 8.65. The molecule has 2 aliphatic heterocycles. The second kappa shape index (κ2) is 4.39. The van der Waals surface area contributed by atoms with Crippen LogP contribution >= 0.6 is 0 Å². The maximum absolute atomic E-state index is 12.3. The Morgan fingerprint density at radius 3 is 2.42 bits per heavy atom. The van der Waals surface area contributed by atoms with E-state index in [1.165, 1.54) is 0 Å². The van der Waals surface area contributed by atoms with Crippen molar-refractivity contribution in [3.05, 3.63) is 0 Å². The molecule has 0 saturated carbocycles. The van der Waals surface area contributed by atoms with Crippen molar-refractivity contribution in [3.63, 3.8) is 0 Å². The Bertz CT molecular complexity index is 401. The zero-order chi connectivity index (χ0) is 14.4. The van der Waals surface area contributed by atoms with Gasteiger partial charge < -0.3 is 14.7 Å². The van der Waals surface area contributed by atoms with Gasteiger partial charge in [-0.1, -0.05) is 0 Å². The van der Waals surface area contributed by atoms with Crippen molar-refractivity contribution in [2.45, 2.75) is 71.1 Å². The number of aliphatic carboxylic acids is 1. The Morgan fingerprint density at radius 1 is 1.26 bits per heavy atom. The van der Waals surface area contributed by atoms with Gasteiger partial charge in [0.05, 0.1) is 11.5 Å². The van der Waals surface area contributed by atoms with E-state index in [4.69, 9.17) is 4.74 Å². The number of carbonyl (C=O) groups is 2. The third-order valence-electron chi connectivity index (χ3n) is 4.33. The van der Waals surface area contributed by atoms with E-state index in [1.54, 1.807) is 11.8 Å². The van der Waals surface area contributed by atoms with Crippen LogP contribution in [0.2, 0.25) is 0 Å². The lowest BCUT2D eigenvalue weighted by Gasteiger charge is -2.44. The highest BCUT2D eigenvalue weighted by Crippen LogP contribution is 2.47. The van der Waals surface area contributed by atoms with Crippen LogP contribution in [0.25, 0.3) is 0 Å². The molecule has 0 aromatic rings. The number of carbonyl (C=O) groups excluding carboxylic acids is 1. The molecule has 19 heavy (non-hydrogen) atoms. The molecule has 0 spiro atoms. The Morgan fingerprint density at radius 2 is 1.89 bits per heavy atom. The molecule has 0 unspecified atom stereocenters. The van der Waals surface area contributed by atoms with E-state index >= 15 is 0 Å². The van der Waals surface area contributed by atoms with E-state index in [9.17, 15) is 14.7 Å². The van der Waals surface area contributed by atoms with Gasteiger partial charge in [-0.25, -0.2) is 4.79 Å². The molecule has 3 atom stereocenters. The van der Waals surface area contributed by atoms with Gasteiger partial charge in [0.25, 0.3) is 0 Å². The van der Waals surface area contributed by atoms with Crippen LogP contribution in [0.5, 0.6) is 0 Å². The smallest absolute Gasteiger partial charge is 0.410 e. The standard InChI is InChI=1S/C14H23NO4/c1-13(2,3)19-12(18)15-9-5-6-10(15)14(4,8-7-9)11(16)17/h9-10H,5-8H2,1-4H3,(H,16,17)/t9-,10+,14+/m0/s1. The Labute approximate surface area is 113 Å². The van der Waals surface area contributed by atoms with Crippen molar-refractivity contribution in [3.8, 4) is 0 Å². The van der Waals surface area contributed by atoms with Crippen molar-refractivity contribution in [2.24, 2.45) is 5.41 Å². The van der Waals surface area contributed by atoms with Gasteiger partial charge in [0.15, 0.2) is 0 Å². The molecule has 108 valence electrons. The van der Waals surface area contributed by atoms with Crippen LogP contribution < -0.4 is 0 Å². The summed E-state index contributed by atoms with van der Waals surface area (Å²) in [5.41, 5.74) is -1.39. The van der Waals surface area contributed by atoms with Crippen molar-refractivity contribution in [2.75, 3.05) is 0 Å². The number of amides is 1. The van der Waals surface area contributed by atoms with Crippen LogP contribution in [0, 0.1) is 5.41 Å². The van der Waals surface area contributed by atoms with Crippen molar-refractivity contribution in [1.29, 1.82) is 0 Å². The maximum Gasteiger partial charge on any atom is 0.410 e. The number of carboxylic acid groups (broad SMARTS) is 1. The van der Waals surface area contributed by atoms with E-state index in [0.29, 0.717) is 6.42 Å². The van der Waals surface area contributed by atoms with Crippen molar-refractivity contribution < 1.29 is 19.4 Å². The first-order valence-electron chi connectivity index (χ1n) is 6.90. The van der Waals surface area contributed by atoms with Crippen LogP contribution in [0.3, 0.4) is 0 Å². The zero-order valence-electron chi connectivity index (χ0n) is 12.1. The van der Waals surface area contributed by atoms with Gasteiger partial charge in [-0.3, -0.25) is 4.79 Å². The van der Waals surface area contributed by atoms with Gasteiger partial charge in [0.1, 0.15) is 5.60 Å². The normalized spacial score (nSPS) is 34.2. The zero-order valence-corrected chi connectivity index (χ0v) is 12.1. The maximum atomic E-state index is 12.3. The minimum absolute atomic E-state index is 0.146. The molecule has 2 fully saturated rings. The number of ether oxygens (including phenoxy) is 1. The third-order valence-corrected chi connectivity index (χ3v) is 4.33. The second-order valence-corrected chi connectivity index (χ2v) is 6.90.